The molecule has 0 saturated carbocycles. The Kier molecular flexibility index (Phi) is 1.96. The van der Waals surface area contributed by atoms with E-state index in [-0.39, 0.29) is 5.75 Å². The summed E-state index contributed by atoms with van der Waals surface area (Å²) in [6.45, 7) is 1.68. The van der Waals surface area contributed by atoms with Gasteiger partial charge in [-0.3, -0.25) is 0 Å². The molecule has 0 aliphatic rings. The van der Waals surface area contributed by atoms with Crippen molar-refractivity contribution in [2.75, 3.05) is 0 Å². The minimum Gasteiger partial charge on any atom is -0.508 e. The van der Waals surface area contributed by atoms with Crippen LogP contribution in [0.1, 0.15) is 5.89 Å². The Morgan fingerprint density at radius 3 is 2.79 bits per heavy atom. The number of nitrogens with zero attached hydrogens (tertiary/aromatic N) is 1. The predicted octanol–water partition coefficient (Wildman–Crippen LogP) is 2.49. The molecule has 1 N–H and O–H groups in total. The van der Waals surface area contributed by atoms with Crippen LogP contribution >= 0.6 is 0 Å². The van der Waals surface area contributed by atoms with E-state index in [1.807, 2.05) is 0 Å². The molecule has 2 aromatic rings. The van der Waals surface area contributed by atoms with Gasteiger partial charge in [0.2, 0.25) is 0 Å². The van der Waals surface area contributed by atoms with E-state index in [9.17, 15) is 4.39 Å². The van der Waals surface area contributed by atoms with Crippen LogP contribution in [0.25, 0.3) is 11.3 Å². The lowest BCUT2D eigenvalue weighted by atomic mass is 10.1. The number of phenols is 1. The molecule has 0 amide bonds. The van der Waals surface area contributed by atoms with Crippen molar-refractivity contribution in [3.05, 3.63) is 36.2 Å². The highest BCUT2D eigenvalue weighted by molar-refractivity contribution is 5.59. The lowest BCUT2D eigenvalue weighted by Crippen LogP contribution is -1.84. The van der Waals surface area contributed by atoms with Crippen LogP contribution in [0.3, 0.4) is 0 Å². The Balaban J connectivity index is 2.52. The van der Waals surface area contributed by atoms with Crippen LogP contribution in [0.15, 0.2) is 28.9 Å². The zero-order valence-electron chi connectivity index (χ0n) is 7.49. The summed E-state index contributed by atoms with van der Waals surface area (Å²) in [5, 5.41) is 9.01. The summed E-state index contributed by atoms with van der Waals surface area (Å²) in [4.78, 5) is 3.98. The van der Waals surface area contributed by atoms with Gasteiger partial charge in [0.15, 0.2) is 5.89 Å². The molecule has 0 saturated heterocycles. The monoisotopic (exact) mass is 193 g/mol. The first kappa shape index (κ1) is 8.74. The van der Waals surface area contributed by atoms with Gasteiger partial charge < -0.3 is 9.52 Å². The predicted molar refractivity (Wildman–Crippen MR) is 48.3 cm³/mol. The third kappa shape index (κ3) is 1.46. The zero-order valence-corrected chi connectivity index (χ0v) is 7.49. The van der Waals surface area contributed by atoms with Gasteiger partial charge >= 0.3 is 0 Å². The van der Waals surface area contributed by atoms with E-state index in [0.717, 1.165) is 6.07 Å². The van der Waals surface area contributed by atoms with Gasteiger partial charge in [-0.1, -0.05) is 0 Å². The number of aryl methyl sites for hydroxylation is 1. The van der Waals surface area contributed by atoms with Crippen molar-refractivity contribution in [3.63, 3.8) is 0 Å². The third-order valence-corrected chi connectivity index (χ3v) is 1.85. The minimum absolute atomic E-state index is 0.105. The topological polar surface area (TPSA) is 46.3 Å². The molecule has 0 atom stereocenters. The smallest absolute Gasteiger partial charge is 0.191 e. The molecule has 0 spiro atoms. The normalized spacial score (nSPS) is 10.4. The average molecular weight is 193 g/mol. The highest BCUT2D eigenvalue weighted by atomic mass is 19.1. The first-order valence-corrected chi connectivity index (χ1v) is 4.08. The van der Waals surface area contributed by atoms with Crippen LogP contribution in [-0.4, -0.2) is 10.1 Å². The molecule has 0 radical (unpaired) electrons. The summed E-state index contributed by atoms with van der Waals surface area (Å²) in [5.41, 5.74) is 0.750. The number of phenolic OH excluding ortho intramolecular Hbond substituents is 1. The largest absolute Gasteiger partial charge is 0.508 e. The molecule has 14 heavy (non-hydrogen) atoms. The number of oxazole rings is 1. The van der Waals surface area contributed by atoms with Gasteiger partial charge in [0, 0.05) is 18.6 Å². The molecule has 1 aromatic carbocycles. The fourth-order valence-corrected chi connectivity index (χ4v) is 1.20. The molecule has 0 unspecified atom stereocenters. The van der Waals surface area contributed by atoms with E-state index in [4.69, 9.17) is 9.52 Å². The number of aromatic hydroxyl groups is 1. The summed E-state index contributed by atoms with van der Waals surface area (Å²) < 4.78 is 18.3. The molecule has 1 aromatic heterocycles. The van der Waals surface area contributed by atoms with Crippen molar-refractivity contribution in [1.29, 1.82) is 0 Å². The lowest BCUT2D eigenvalue weighted by Gasteiger charge is -1.98. The van der Waals surface area contributed by atoms with E-state index in [2.05, 4.69) is 4.98 Å². The van der Waals surface area contributed by atoms with Gasteiger partial charge in [-0.05, 0) is 12.1 Å². The Hall–Kier alpha value is -1.84. The second-order valence-corrected chi connectivity index (χ2v) is 2.92. The molecule has 2 rings (SSSR count). The second-order valence-electron chi connectivity index (χ2n) is 2.92. The molecule has 1 heterocycles. The summed E-state index contributed by atoms with van der Waals surface area (Å²) in [7, 11) is 0. The van der Waals surface area contributed by atoms with E-state index < -0.39 is 5.82 Å². The van der Waals surface area contributed by atoms with Crippen LogP contribution < -0.4 is 0 Å². The van der Waals surface area contributed by atoms with E-state index in [1.54, 1.807) is 6.92 Å². The maximum atomic E-state index is 13.3. The second kappa shape index (κ2) is 3.14. The average Bonchev–Trinajstić information content (AvgIpc) is 2.51. The maximum Gasteiger partial charge on any atom is 0.191 e. The Labute approximate surface area is 79.8 Å². The minimum atomic E-state index is -0.515. The van der Waals surface area contributed by atoms with Crippen LogP contribution in [0.2, 0.25) is 0 Å². The van der Waals surface area contributed by atoms with Crippen molar-refractivity contribution in [2.45, 2.75) is 6.92 Å². The van der Waals surface area contributed by atoms with Crippen molar-refractivity contribution in [1.82, 2.24) is 4.98 Å². The summed E-state index contributed by atoms with van der Waals surface area (Å²) in [6, 6.07) is 3.91. The van der Waals surface area contributed by atoms with Crippen LogP contribution in [0.4, 0.5) is 4.39 Å². The molecule has 0 aliphatic heterocycles. The third-order valence-electron chi connectivity index (χ3n) is 1.85. The highest BCUT2D eigenvalue weighted by Gasteiger charge is 2.09. The number of hydrogen-bond acceptors (Lipinski definition) is 3. The van der Waals surface area contributed by atoms with Gasteiger partial charge in [-0.15, -0.1) is 0 Å². The summed E-state index contributed by atoms with van der Waals surface area (Å²) in [5.74, 6) is -0.141. The molecule has 3 nitrogen and oxygen atoms in total. The Morgan fingerprint density at radius 1 is 1.43 bits per heavy atom. The SMILES string of the molecule is Cc1nc(-c2ccc(O)cc2F)co1. The van der Waals surface area contributed by atoms with Gasteiger partial charge in [0.05, 0.1) is 0 Å². The molecule has 0 bridgehead atoms. The van der Waals surface area contributed by atoms with Crippen molar-refractivity contribution < 1.29 is 13.9 Å². The molecule has 72 valence electrons. The molecule has 0 aliphatic carbocycles. The molecular formula is C10H8FNO2. The van der Waals surface area contributed by atoms with Crippen LogP contribution in [0.5, 0.6) is 5.75 Å². The lowest BCUT2D eigenvalue weighted by molar-refractivity contribution is 0.469. The number of halogens is 1. The maximum absolute atomic E-state index is 13.3. The van der Waals surface area contributed by atoms with Crippen molar-refractivity contribution in [3.8, 4) is 17.0 Å². The molecule has 4 heteroatoms. The number of rotatable bonds is 1. The van der Waals surface area contributed by atoms with E-state index >= 15 is 0 Å². The molecular weight excluding hydrogens is 185 g/mol. The van der Waals surface area contributed by atoms with E-state index in [0.29, 0.717) is 17.1 Å². The van der Waals surface area contributed by atoms with Crippen LogP contribution in [-0.2, 0) is 0 Å². The fraction of sp³-hybridized carbons (Fsp3) is 0.100. The zero-order chi connectivity index (χ0) is 10.1. The van der Waals surface area contributed by atoms with Gasteiger partial charge in [-0.25, -0.2) is 9.37 Å². The van der Waals surface area contributed by atoms with Crippen molar-refractivity contribution in [2.24, 2.45) is 0 Å². The quantitative estimate of drug-likeness (QED) is 0.756. The molecule has 0 fully saturated rings. The Morgan fingerprint density at radius 2 is 2.21 bits per heavy atom. The number of benzene rings is 1. The van der Waals surface area contributed by atoms with E-state index in [1.165, 1.54) is 18.4 Å². The standard InChI is InChI=1S/C10H8FNO2/c1-6-12-10(5-14-6)8-3-2-7(13)4-9(8)11/h2-5,13H,1H3. The fourth-order valence-electron chi connectivity index (χ4n) is 1.20. The first-order valence-electron chi connectivity index (χ1n) is 4.08. The number of hydrogen-bond donors (Lipinski definition) is 1. The van der Waals surface area contributed by atoms with Crippen molar-refractivity contribution >= 4 is 0 Å². The van der Waals surface area contributed by atoms with Gasteiger partial charge in [-0.2, -0.15) is 0 Å². The van der Waals surface area contributed by atoms with Gasteiger partial charge in [0.25, 0.3) is 0 Å². The highest BCUT2D eigenvalue weighted by Crippen LogP contribution is 2.24. The summed E-state index contributed by atoms with van der Waals surface area (Å²) in [6.07, 6.45) is 1.38. The van der Waals surface area contributed by atoms with Gasteiger partial charge in [0.1, 0.15) is 23.5 Å². The number of aromatic nitrogens is 1. The Bertz CT molecular complexity index is 465. The summed E-state index contributed by atoms with van der Waals surface area (Å²) >= 11 is 0. The first-order chi connectivity index (χ1) is 6.66. The van der Waals surface area contributed by atoms with Crippen LogP contribution in [0, 0.1) is 12.7 Å².